The molecule has 0 fully saturated rings. The van der Waals surface area contributed by atoms with E-state index in [-0.39, 0.29) is 11.5 Å². The topological polar surface area (TPSA) is 63.1 Å². The van der Waals surface area contributed by atoms with E-state index in [1.807, 2.05) is 31.2 Å². The number of carbonyl (C=O) groups excluding carboxylic acids is 1. The van der Waals surface area contributed by atoms with Gasteiger partial charge in [0, 0.05) is 44.0 Å². The molecule has 1 aromatic carbocycles. The predicted octanol–water partition coefficient (Wildman–Crippen LogP) is 1.34. The van der Waals surface area contributed by atoms with E-state index < -0.39 is 0 Å². The predicted molar refractivity (Wildman–Crippen MR) is 86.8 cm³/mol. The average molecular weight is 299 g/mol. The molecule has 22 heavy (non-hydrogen) atoms. The molecule has 2 aromatic rings. The van der Waals surface area contributed by atoms with Crippen molar-refractivity contribution in [3.8, 4) is 0 Å². The lowest BCUT2D eigenvalue weighted by molar-refractivity contribution is 0.0963. The summed E-state index contributed by atoms with van der Waals surface area (Å²) in [6, 6.07) is 11.2. The van der Waals surface area contributed by atoms with Crippen LogP contribution in [0, 0.1) is 6.92 Å². The average Bonchev–Trinajstić information content (AvgIpc) is 2.54. The van der Waals surface area contributed by atoms with Crippen molar-refractivity contribution < 1.29 is 4.79 Å². The molecule has 5 heteroatoms. The van der Waals surface area contributed by atoms with Crippen molar-refractivity contribution in [1.29, 1.82) is 0 Å². The van der Waals surface area contributed by atoms with Gasteiger partial charge in [0.1, 0.15) is 0 Å². The molecule has 1 aromatic heterocycles. The molecule has 0 atom stereocenters. The second-order valence-corrected chi connectivity index (χ2v) is 5.24. The summed E-state index contributed by atoms with van der Waals surface area (Å²) in [4.78, 5) is 23.5. The van der Waals surface area contributed by atoms with Crippen LogP contribution in [0.25, 0.3) is 0 Å². The Labute approximate surface area is 130 Å². The number of nitrogens with zero attached hydrogens (tertiary/aromatic N) is 1. The van der Waals surface area contributed by atoms with E-state index in [0.29, 0.717) is 18.7 Å². The maximum Gasteiger partial charge on any atom is 0.254 e. The minimum absolute atomic E-state index is 0.0301. The highest BCUT2D eigenvalue weighted by Gasteiger charge is 2.04. The number of aryl methyl sites for hydroxylation is 1. The lowest BCUT2D eigenvalue weighted by Crippen LogP contribution is -2.26. The Morgan fingerprint density at radius 2 is 1.77 bits per heavy atom. The van der Waals surface area contributed by atoms with Crippen LogP contribution in [-0.2, 0) is 20.1 Å². The Balaban J connectivity index is 1.95. The summed E-state index contributed by atoms with van der Waals surface area (Å²) in [7, 11) is 3.39. The Morgan fingerprint density at radius 3 is 2.41 bits per heavy atom. The number of carbonyl (C=O) groups is 1. The molecule has 0 saturated carbocycles. The van der Waals surface area contributed by atoms with Gasteiger partial charge in [-0.2, -0.15) is 0 Å². The van der Waals surface area contributed by atoms with Gasteiger partial charge in [-0.3, -0.25) is 9.59 Å². The van der Waals surface area contributed by atoms with Crippen molar-refractivity contribution in [3.63, 3.8) is 0 Å². The van der Waals surface area contributed by atoms with E-state index in [0.717, 1.165) is 16.8 Å². The quantitative estimate of drug-likeness (QED) is 0.876. The van der Waals surface area contributed by atoms with Gasteiger partial charge in [-0.1, -0.05) is 18.2 Å². The number of hydrogen-bond donors (Lipinski definition) is 2. The maximum atomic E-state index is 12.1. The molecule has 2 rings (SSSR count). The molecular formula is C17H21N3O2. The number of nitrogens with one attached hydrogen (secondary N) is 2. The molecule has 5 nitrogen and oxygen atoms in total. The second kappa shape index (κ2) is 7.04. The highest BCUT2D eigenvalue weighted by Crippen LogP contribution is 2.04. The first-order valence-electron chi connectivity index (χ1n) is 7.20. The molecule has 0 radical (unpaired) electrons. The summed E-state index contributed by atoms with van der Waals surface area (Å²) in [6.07, 6.45) is 0. The zero-order valence-electron chi connectivity index (χ0n) is 13.1. The van der Waals surface area contributed by atoms with Crippen molar-refractivity contribution in [2.75, 3.05) is 7.05 Å². The molecular weight excluding hydrogens is 278 g/mol. The van der Waals surface area contributed by atoms with Crippen LogP contribution in [0.15, 0.2) is 41.2 Å². The summed E-state index contributed by atoms with van der Waals surface area (Å²) in [5, 5.41) is 5.84. The molecule has 0 spiro atoms. The third-order valence-corrected chi connectivity index (χ3v) is 3.72. The van der Waals surface area contributed by atoms with Crippen LogP contribution in [0.2, 0.25) is 0 Å². The van der Waals surface area contributed by atoms with Gasteiger partial charge in [0.2, 0.25) is 0 Å². The first kappa shape index (κ1) is 16.0. The minimum atomic E-state index is -0.0948. The van der Waals surface area contributed by atoms with Gasteiger partial charge in [-0.05, 0) is 30.7 Å². The van der Waals surface area contributed by atoms with E-state index in [2.05, 4.69) is 10.6 Å². The third kappa shape index (κ3) is 3.62. The van der Waals surface area contributed by atoms with Crippen molar-refractivity contribution in [2.24, 2.45) is 7.05 Å². The number of amides is 1. The Kier molecular flexibility index (Phi) is 5.12. The van der Waals surface area contributed by atoms with Crippen LogP contribution >= 0.6 is 0 Å². The lowest BCUT2D eigenvalue weighted by atomic mass is 10.1. The highest BCUT2D eigenvalue weighted by atomic mass is 16.1. The molecule has 0 unspecified atom stereocenters. The smallest absolute Gasteiger partial charge is 0.254 e. The van der Waals surface area contributed by atoms with Gasteiger partial charge in [0.25, 0.3) is 11.5 Å². The standard InChI is InChI=1S/C17H21N3O2/c1-12-4-7-15(17(22)20(12)3)11-19-10-13-5-8-14(9-6-13)16(21)18-2/h4-9,19H,10-11H2,1-3H3,(H,18,21). The normalized spacial score (nSPS) is 10.5. The van der Waals surface area contributed by atoms with Gasteiger partial charge >= 0.3 is 0 Å². The van der Waals surface area contributed by atoms with E-state index in [9.17, 15) is 9.59 Å². The number of benzene rings is 1. The van der Waals surface area contributed by atoms with Gasteiger partial charge in [-0.25, -0.2) is 0 Å². The number of rotatable bonds is 5. The molecule has 0 aliphatic heterocycles. The first-order valence-corrected chi connectivity index (χ1v) is 7.20. The molecule has 1 heterocycles. The lowest BCUT2D eigenvalue weighted by Gasteiger charge is -2.08. The third-order valence-electron chi connectivity index (χ3n) is 3.72. The summed E-state index contributed by atoms with van der Waals surface area (Å²) < 4.78 is 1.65. The fourth-order valence-corrected chi connectivity index (χ4v) is 2.17. The molecule has 116 valence electrons. The van der Waals surface area contributed by atoms with Crippen molar-refractivity contribution in [2.45, 2.75) is 20.0 Å². The molecule has 2 N–H and O–H groups in total. The Bertz CT molecular complexity index is 718. The van der Waals surface area contributed by atoms with Crippen molar-refractivity contribution >= 4 is 5.91 Å². The molecule has 0 saturated heterocycles. The second-order valence-electron chi connectivity index (χ2n) is 5.24. The summed E-state index contributed by atoms with van der Waals surface area (Å²) >= 11 is 0. The van der Waals surface area contributed by atoms with Crippen molar-refractivity contribution in [1.82, 2.24) is 15.2 Å². The van der Waals surface area contributed by atoms with Crippen LogP contribution in [0.3, 0.4) is 0 Å². The first-order chi connectivity index (χ1) is 10.5. The Morgan fingerprint density at radius 1 is 1.09 bits per heavy atom. The summed E-state index contributed by atoms with van der Waals surface area (Å²) in [5.41, 5.74) is 3.42. The van der Waals surface area contributed by atoms with E-state index in [1.165, 1.54) is 0 Å². The fraction of sp³-hybridized carbons (Fsp3) is 0.294. The molecule has 0 aliphatic carbocycles. The SMILES string of the molecule is CNC(=O)c1ccc(CNCc2ccc(C)n(C)c2=O)cc1. The zero-order chi connectivity index (χ0) is 16.1. The van der Waals surface area contributed by atoms with Gasteiger partial charge in [-0.15, -0.1) is 0 Å². The Hall–Kier alpha value is -2.40. The van der Waals surface area contributed by atoms with Crippen LogP contribution in [-0.4, -0.2) is 17.5 Å². The highest BCUT2D eigenvalue weighted by molar-refractivity contribution is 5.93. The van der Waals surface area contributed by atoms with Crippen LogP contribution in [0.4, 0.5) is 0 Å². The van der Waals surface area contributed by atoms with Gasteiger partial charge in [0.15, 0.2) is 0 Å². The number of pyridine rings is 1. The zero-order valence-corrected chi connectivity index (χ0v) is 13.1. The fourth-order valence-electron chi connectivity index (χ4n) is 2.17. The maximum absolute atomic E-state index is 12.1. The van der Waals surface area contributed by atoms with Gasteiger partial charge < -0.3 is 15.2 Å². The van der Waals surface area contributed by atoms with Crippen LogP contribution < -0.4 is 16.2 Å². The van der Waals surface area contributed by atoms with E-state index in [4.69, 9.17) is 0 Å². The monoisotopic (exact) mass is 299 g/mol. The number of hydrogen-bond acceptors (Lipinski definition) is 3. The molecule has 0 aliphatic rings. The molecule has 0 bridgehead atoms. The summed E-state index contributed by atoms with van der Waals surface area (Å²) in [5.74, 6) is -0.0948. The summed E-state index contributed by atoms with van der Waals surface area (Å²) in [6.45, 7) is 3.07. The molecule has 1 amide bonds. The minimum Gasteiger partial charge on any atom is -0.355 e. The van der Waals surface area contributed by atoms with Gasteiger partial charge in [0.05, 0.1) is 0 Å². The number of aromatic nitrogens is 1. The van der Waals surface area contributed by atoms with E-state index in [1.54, 1.807) is 30.8 Å². The largest absolute Gasteiger partial charge is 0.355 e. The van der Waals surface area contributed by atoms with E-state index >= 15 is 0 Å². The van der Waals surface area contributed by atoms with Crippen molar-refractivity contribution in [3.05, 3.63) is 69.1 Å². The van der Waals surface area contributed by atoms with Crippen LogP contribution in [0.1, 0.15) is 27.2 Å². The van der Waals surface area contributed by atoms with Crippen LogP contribution in [0.5, 0.6) is 0 Å².